The third-order valence-corrected chi connectivity index (χ3v) is 6.06. The van der Waals surface area contributed by atoms with Crippen molar-refractivity contribution in [2.75, 3.05) is 32.7 Å². The molecule has 154 valence electrons. The molecule has 7 nitrogen and oxygen atoms in total. The normalized spacial score (nSPS) is 23.4. The minimum absolute atomic E-state index is 0.0387. The standard InChI is InChI=1S/C16H27N3O2.C5H5NO/c1-13(20)19-10-3-7-15(19)16(21)18-9-4-8-17(11-12-18)14-5-2-6-14;7-5-3-1-2-4-6-5/h14-15H,2-12H2,1H3;1-4H,(H,6,7)/t15-;/m1./s1. The number of nitrogens with one attached hydrogen (secondary N) is 1. The molecule has 2 amide bonds. The number of hydrogen-bond acceptors (Lipinski definition) is 4. The van der Waals surface area contributed by atoms with Crippen molar-refractivity contribution in [3.63, 3.8) is 0 Å². The van der Waals surface area contributed by atoms with Gasteiger partial charge in [0.2, 0.25) is 17.4 Å². The van der Waals surface area contributed by atoms with Crippen molar-refractivity contribution in [1.29, 1.82) is 0 Å². The van der Waals surface area contributed by atoms with Gasteiger partial charge in [0, 0.05) is 58.0 Å². The Hall–Kier alpha value is -2.15. The maximum Gasteiger partial charge on any atom is 0.247 e. The summed E-state index contributed by atoms with van der Waals surface area (Å²) in [5.74, 6) is 0.218. The highest BCUT2D eigenvalue weighted by Crippen LogP contribution is 2.26. The second kappa shape index (κ2) is 9.87. The fraction of sp³-hybridized carbons (Fsp3) is 0.667. The van der Waals surface area contributed by atoms with Crippen LogP contribution in [-0.2, 0) is 9.59 Å². The Morgan fingerprint density at radius 1 is 0.964 bits per heavy atom. The lowest BCUT2D eigenvalue weighted by molar-refractivity contribution is -0.142. The van der Waals surface area contributed by atoms with E-state index in [1.165, 1.54) is 25.3 Å². The van der Waals surface area contributed by atoms with Crippen LogP contribution < -0.4 is 5.56 Å². The summed E-state index contributed by atoms with van der Waals surface area (Å²) in [5, 5.41) is 0. The molecule has 1 N–H and O–H groups in total. The summed E-state index contributed by atoms with van der Waals surface area (Å²) in [4.78, 5) is 43.4. The molecule has 7 heteroatoms. The van der Waals surface area contributed by atoms with Crippen molar-refractivity contribution >= 4 is 11.8 Å². The van der Waals surface area contributed by atoms with Gasteiger partial charge in [-0.25, -0.2) is 0 Å². The van der Waals surface area contributed by atoms with Gasteiger partial charge in [-0.1, -0.05) is 12.5 Å². The molecule has 3 heterocycles. The summed E-state index contributed by atoms with van der Waals surface area (Å²) in [6.07, 6.45) is 8.47. The van der Waals surface area contributed by atoms with Crippen LogP contribution in [0.2, 0.25) is 0 Å². The van der Waals surface area contributed by atoms with E-state index in [1.54, 1.807) is 30.2 Å². The predicted octanol–water partition coefficient (Wildman–Crippen LogP) is 1.46. The second-order valence-electron chi connectivity index (χ2n) is 7.90. The molecular formula is C21H32N4O3. The maximum absolute atomic E-state index is 12.7. The lowest BCUT2D eigenvalue weighted by atomic mass is 9.91. The molecule has 2 aliphatic heterocycles. The maximum atomic E-state index is 12.7. The fourth-order valence-electron chi connectivity index (χ4n) is 4.26. The Kier molecular flexibility index (Phi) is 7.25. The van der Waals surface area contributed by atoms with E-state index in [0.717, 1.165) is 58.0 Å². The van der Waals surface area contributed by atoms with Crippen LogP contribution in [-0.4, -0.2) is 76.3 Å². The summed E-state index contributed by atoms with van der Waals surface area (Å²) < 4.78 is 0. The number of rotatable bonds is 2. The smallest absolute Gasteiger partial charge is 0.247 e. The first-order chi connectivity index (χ1) is 13.6. The van der Waals surface area contributed by atoms with E-state index in [1.807, 2.05) is 4.90 Å². The number of nitrogens with zero attached hydrogens (tertiary/aromatic N) is 3. The van der Waals surface area contributed by atoms with E-state index in [2.05, 4.69) is 9.88 Å². The number of pyridine rings is 1. The molecule has 28 heavy (non-hydrogen) atoms. The second-order valence-corrected chi connectivity index (χ2v) is 7.90. The molecule has 1 saturated carbocycles. The first-order valence-electron chi connectivity index (χ1n) is 10.5. The molecular weight excluding hydrogens is 356 g/mol. The predicted molar refractivity (Wildman–Crippen MR) is 108 cm³/mol. The van der Waals surface area contributed by atoms with Gasteiger partial charge in [0.15, 0.2) is 0 Å². The molecule has 0 bridgehead atoms. The zero-order valence-electron chi connectivity index (χ0n) is 16.8. The quantitative estimate of drug-likeness (QED) is 0.832. The van der Waals surface area contributed by atoms with Crippen molar-refractivity contribution in [3.05, 3.63) is 34.7 Å². The minimum atomic E-state index is -0.197. The molecule has 1 atom stereocenters. The highest BCUT2D eigenvalue weighted by atomic mass is 16.2. The van der Waals surface area contributed by atoms with Crippen molar-refractivity contribution in [3.8, 4) is 0 Å². The van der Waals surface area contributed by atoms with Crippen LogP contribution >= 0.6 is 0 Å². The van der Waals surface area contributed by atoms with Crippen molar-refractivity contribution in [2.24, 2.45) is 0 Å². The number of carbonyl (C=O) groups excluding carboxylic acids is 2. The van der Waals surface area contributed by atoms with Crippen molar-refractivity contribution in [1.82, 2.24) is 19.7 Å². The van der Waals surface area contributed by atoms with Crippen LogP contribution in [0.3, 0.4) is 0 Å². The van der Waals surface area contributed by atoms with E-state index in [9.17, 15) is 14.4 Å². The number of aromatic amines is 1. The number of carbonyl (C=O) groups is 2. The van der Waals surface area contributed by atoms with Crippen molar-refractivity contribution in [2.45, 2.75) is 57.5 Å². The Morgan fingerprint density at radius 3 is 2.36 bits per heavy atom. The van der Waals surface area contributed by atoms with E-state index >= 15 is 0 Å². The van der Waals surface area contributed by atoms with E-state index < -0.39 is 0 Å². The molecule has 1 aromatic rings. The zero-order valence-corrected chi connectivity index (χ0v) is 16.8. The van der Waals surface area contributed by atoms with Crippen LogP contribution in [0.5, 0.6) is 0 Å². The summed E-state index contributed by atoms with van der Waals surface area (Å²) in [6, 6.07) is 5.50. The molecule has 3 aliphatic rings. The number of hydrogen-bond donors (Lipinski definition) is 1. The van der Waals surface area contributed by atoms with Crippen LogP contribution in [0, 0.1) is 0 Å². The van der Waals surface area contributed by atoms with Gasteiger partial charge in [-0.15, -0.1) is 0 Å². The van der Waals surface area contributed by atoms with Gasteiger partial charge in [0.25, 0.3) is 0 Å². The SMILES string of the molecule is CC(=O)N1CCC[C@@H]1C(=O)N1CCCN(C2CCC2)CC1.O=c1cccc[nH]1. The van der Waals surface area contributed by atoms with Gasteiger partial charge in [-0.05, 0) is 38.2 Å². The Bertz CT molecular complexity index is 698. The van der Waals surface area contributed by atoms with Gasteiger partial charge in [-0.3, -0.25) is 19.3 Å². The first-order valence-corrected chi connectivity index (χ1v) is 10.5. The summed E-state index contributed by atoms with van der Waals surface area (Å²) in [6.45, 7) is 6.13. The Balaban J connectivity index is 0.000000271. The van der Waals surface area contributed by atoms with Crippen LogP contribution in [0.15, 0.2) is 29.2 Å². The zero-order chi connectivity index (χ0) is 19.9. The van der Waals surface area contributed by atoms with Gasteiger partial charge >= 0.3 is 0 Å². The van der Waals surface area contributed by atoms with Gasteiger partial charge in [0.1, 0.15) is 6.04 Å². The summed E-state index contributed by atoms with van der Waals surface area (Å²) >= 11 is 0. The third-order valence-electron chi connectivity index (χ3n) is 6.06. The number of aromatic nitrogens is 1. The third kappa shape index (κ3) is 5.22. The molecule has 3 fully saturated rings. The molecule has 0 aromatic carbocycles. The fourth-order valence-corrected chi connectivity index (χ4v) is 4.26. The van der Waals surface area contributed by atoms with Crippen LogP contribution in [0.25, 0.3) is 0 Å². The largest absolute Gasteiger partial charge is 0.340 e. The topological polar surface area (TPSA) is 76.7 Å². The van der Waals surface area contributed by atoms with E-state index in [0.29, 0.717) is 0 Å². The van der Waals surface area contributed by atoms with Gasteiger partial charge < -0.3 is 14.8 Å². The molecule has 4 rings (SSSR count). The molecule has 1 aliphatic carbocycles. The number of H-pyrrole nitrogens is 1. The van der Waals surface area contributed by atoms with Crippen LogP contribution in [0.4, 0.5) is 0 Å². The minimum Gasteiger partial charge on any atom is -0.340 e. The number of likely N-dealkylation sites (tertiary alicyclic amines) is 1. The molecule has 0 radical (unpaired) electrons. The average Bonchev–Trinajstić information content (AvgIpc) is 3.02. The molecule has 1 aromatic heterocycles. The Morgan fingerprint density at radius 2 is 1.79 bits per heavy atom. The molecule has 0 spiro atoms. The van der Waals surface area contributed by atoms with Gasteiger partial charge in [-0.2, -0.15) is 0 Å². The highest BCUT2D eigenvalue weighted by molar-refractivity contribution is 5.87. The Labute approximate surface area is 166 Å². The highest BCUT2D eigenvalue weighted by Gasteiger charge is 2.36. The number of amides is 2. The lowest BCUT2D eigenvalue weighted by Crippen LogP contribution is -2.48. The van der Waals surface area contributed by atoms with E-state index in [4.69, 9.17) is 0 Å². The first kappa shape index (κ1) is 20.6. The molecule has 2 saturated heterocycles. The monoisotopic (exact) mass is 388 g/mol. The van der Waals surface area contributed by atoms with Crippen LogP contribution in [0.1, 0.15) is 45.4 Å². The van der Waals surface area contributed by atoms with Gasteiger partial charge in [0.05, 0.1) is 0 Å². The lowest BCUT2D eigenvalue weighted by Gasteiger charge is -2.36. The van der Waals surface area contributed by atoms with E-state index in [-0.39, 0.29) is 23.4 Å². The van der Waals surface area contributed by atoms with Crippen molar-refractivity contribution < 1.29 is 9.59 Å². The molecule has 0 unspecified atom stereocenters. The summed E-state index contributed by atoms with van der Waals surface area (Å²) in [7, 11) is 0. The summed E-state index contributed by atoms with van der Waals surface area (Å²) in [5.41, 5.74) is -0.0532. The average molecular weight is 389 g/mol.